The Morgan fingerprint density at radius 2 is 1.90 bits per heavy atom. The van der Waals surface area contributed by atoms with Crippen LogP contribution in [0.2, 0.25) is 0 Å². The summed E-state index contributed by atoms with van der Waals surface area (Å²) in [6.45, 7) is 1.32. The van der Waals surface area contributed by atoms with Gasteiger partial charge in [0.05, 0.1) is 25.1 Å². The third-order valence-electron chi connectivity index (χ3n) is 3.16. The number of anilines is 2. The molecule has 4 heteroatoms. The zero-order valence-corrected chi connectivity index (χ0v) is 11.6. The Hall–Kier alpha value is -2.20. The Kier molecular flexibility index (Phi) is 4.85. The SMILES string of the molecule is COc1ccc(N(CCO)Cc2ccccc2)c(N)c1. The van der Waals surface area contributed by atoms with Crippen LogP contribution in [0.4, 0.5) is 11.4 Å². The van der Waals surface area contributed by atoms with Gasteiger partial charge in [-0.25, -0.2) is 0 Å². The topological polar surface area (TPSA) is 58.7 Å². The molecule has 2 rings (SSSR count). The van der Waals surface area contributed by atoms with E-state index in [1.807, 2.05) is 30.3 Å². The molecule has 0 saturated carbocycles. The molecule has 20 heavy (non-hydrogen) atoms. The second kappa shape index (κ2) is 6.82. The van der Waals surface area contributed by atoms with Crippen LogP contribution < -0.4 is 15.4 Å². The van der Waals surface area contributed by atoms with Crippen LogP contribution in [-0.2, 0) is 6.54 Å². The number of methoxy groups -OCH3 is 1. The van der Waals surface area contributed by atoms with E-state index in [4.69, 9.17) is 10.5 Å². The Bertz CT molecular complexity index is 543. The fraction of sp³-hybridized carbons (Fsp3) is 0.250. The molecule has 0 radical (unpaired) electrons. The average Bonchev–Trinajstić information content (AvgIpc) is 2.48. The fourth-order valence-electron chi connectivity index (χ4n) is 2.16. The predicted molar refractivity (Wildman–Crippen MR) is 82.0 cm³/mol. The molecule has 0 spiro atoms. The van der Waals surface area contributed by atoms with E-state index in [2.05, 4.69) is 17.0 Å². The molecular weight excluding hydrogens is 252 g/mol. The van der Waals surface area contributed by atoms with Crippen LogP contribution in [0, 0.1) is 0 Å². The highest BCUT2D eigenvalue weighted by Crippen LogP contribution is 2.28. The minimum atomic E-state index is 0.0816. The van der Waals surface area contributed by atoms with Crippen LogP contribution in [-0.4, -0.2) is 25.4 Å². The highest BCUT2D eigenvalue weighted by Gasteiger charge is 2.11. The molecule has 3 N–H and O–H groups in total. The molecule has 0 atom stereocenters. The molecule has 0 aliphatic rings. The van der Waals surface area contributed by atoms with Crippen LogP contribution in [0.3, 0.4) is 0 Å². The monoisotopic (exact) mass is 272 g/mol. The van der Waals surface area contributed by atoms with Crippen LogP contribution in [0.15, 0.2) is 48.5 Å². The summed E-state index contributed by atoms with van der Waals surface area (Å²) in [5, 5.41) is 9.26. The fourth-order valence-corrected chi connectivity index (χ4v) is 2.16. The van der Waals surface area contributed by atoms with E-state index in [0.29, 0.717) is 18.8 Å². The number of aliphatic hydroxyl groups excluding tert-OH is 1. The van der Waals surface area contributed by atoms with Crippen molar-refractivity contribution in [3.8, 4) is 5.75 Å². The van der Waals surface area contributed by atoms with Crippen molar-refractivity contribution in [1.82, 2.24) is 0 Å². The molecule has 0 bridgehead atoms. The van der Waals surface area contributed by atoms with Gasteiger partial charge in [0.2, 0.25) is 0 Å². The summed E-state index contributed by atoms with van der Waals surface area (Å²) in [7, 11) is 1.61. The quantitative estimate of drug-likeness (QED) is 0.792. The molecule has 0 unspecified atom stereocenters. The Morgan fingerprint density at radius 3 is 2.50 bits per heavy atom. The molecule has 0 aliphatic heterocycles. The molecule has 0 fully saturated rings. The molecule has 4 nitrogen and oxygen atoms in total. The Morgan fingerprint density at radius 1 is 1.15 bits per heavy atom. The summed E-state index contributed by atoms with van der Waals surface area (Å²) in [6, 6.07) is 15.7. The number of benzene rings is 2. The molecule has 0 saturated heterocycles. The third-order valence-corrected chi connectivity index (χ3v) is 3.16. The molecule has 2 aromatic carbocycles. The van der Waals surface area contributed by atoms with Crippen molar-refractivity contribution in [2.45, 2.75) is 6.54 Å². The van der Waals surface area contributed by atoms with Gasteiger partial charge in [0.25, 0.3) is 0 Å². The third kappa shape index (κ3) is 3.42. The second-order valence-electron chi connectivity index (χ2n) is 4.56. The summed E-state index contributed by atoms with van der Waals surface area (Å²) in [6.07, 6.45) is 0. The van der Waals surface area contributed by atoms with E-state index in [1.165, 1.54) is 5.56 Å². The number of nitrogens with zero attached hydrogens (tertiary/aromatic N) is 1. The lowest BCUT2D eigenvalue weighted by Gasteiger charge is -2.25. The van der Waals surface area contributed by atoms with E-state index in [9.17, 15) is 5.11 Å². The molecule has 0 amide bonds. The van der Waals surface area contributed by atoms with E-state index in [0.717, 1.165) is 11.4 Å². The number of ether oxygens (including phenoxy) is 1. The number of nitrogen functional groups attached to an aromatic ring is 1. The van der Waals surface area contributed by atoms with Gasteiger partial charge in [0.15, 0.2) is 0 Å². The summed E-state index contributed by atoms with van der Waals surface area (Å²) < 4.78 is 5.16. The molecule has 0 heterocycles. The van der Waals surface area contributed by atoms with Gasteiger partial charge in [-0.05, 0) is 17.7 Å². The normalized spacial score (nSPS) is 10.3. The number of hydrogen-bond acceptors (Lipinski definition) is 4. The molecule has 106 valence electrons. The molecule has 0 aromatic heterocycles. The van der Waals surface area contributed by atoms with Crippen molar-refractivity contribution in [3.05, 3.63) is 54.1 Å². The Balaban J connectivity index is 2.24. The summed E-state index contributed by atoms with van der Waals surface area (Å²) in [5.41, 5.74) is 8.81. The lowest BCUT2D eigenvalue weighted by Crippen LogP contribution is -2.26. The second-order valence-corrected chi connectivity index (χ2v) is 4.56. The smallest absolute Gasteiger partial charge is 0.121 e. The first-order chi connectivity index (χ1) is 9.74. The van der Waals surface area contributed by atoms with Gasteiger partial charge in [-0.1, -0.05) is 30.3 Å². The highest BCUT2D eigenvalue weighted by atomic mass is 16.5. The van der Waals surface area contributed by atoms with E-state index >= 15 is 0 Å². The van der Waals surface area contributed by atoms with Gasteiger partial charge in [0, 0.05) is 19.2 Å². The van der Waals surface area contributed by atoms with E-state index < -0.39 is 0 Å². The standard InChI is InChI=1S/C16H20N2O2/c1-20-14-7-8-16(15(17)11-14)18(9-10-19)12-13-5-3-2-4-6-13/h2-8,11,19H,9-10,12,17H2,1H3. The van der Waals surface area contributed by atoms with E-state index in [1.54, 1.807) is 13.2 Å². The predicted octanol–water partition coefficient (Wildman–Crippen LogP) is 2.28. The molecule has 2 aromatic rings. The zero-order valence-electron chi connectivity index (χ0n) is 11.6. The van der Waals surface area contributed by atoms with Gasteiger partial charge < -0.3 is 20.5 Å². The summed E-state index contributed by atoms with van der Waals surface area (Å²) in [5.74, 6) is 0.731. The lowest BCUT2D eigenvalue weighted by atomic mass is 10.1. The summed E-state index contributed by atoms with van der Waals surface area (Å²) >= 11 is 0. The largest absolute Gasteiger partial charge is 0.497 e. The number of rotatable bonds is 6. The first kappa shape index (κ1) is 14.2. The maximum atomic E-state index is 9.26. The summed E-state index contributed by atoms with van der Waals surface area (Å²) in [4.78, 5) is 2.06. The maximum Gasteiger partial charge on any atom is 0.121 e. The highest BCUT2D eigenvalue weighted by molar-refractivity contribution is 5.69. The van der Waals surface area contributed by atoms with Crippen LogP contribution >= 0.6 is 0 Å². The average molecular weight is 272 g/mol. The minimum absolute atomic E-state index is 0.0816. The van der Waals surface area contributed by atoms with E-state index in [-0.39, 0.29) is 6.61 Å². The number of hydrogen-bond donors (Lipinski definition) is 2. The van der Waals surface area contributed by atoms with Crippen LogP contribution in [0.5, 0.6) is 5.75 Å². The zero-order chi connectivity index (χ0) is 14.4. The van der Waals surface area contributed by atoms with Crippen molar-refractivity contribution >= 4 is 11.4 Å². The molecular formula is C16H20N2O2. The number of aliphatic hydroxyl groups is 1. The van der Waals surface area contributed by atoms with Gasteiger partial charge in [-0.2, -0.15) is 0 Å². The van der Waals surface area contributed by atoms with Crippen molar-refractivity contribution < 1.29 is 9.84 Å². The first-order valence-corrected chi connectivity index (χ1v) is 6.58. The maximum absolute atomic E-state index is 9.26. The Labute approximate surface area is 119 Å². The van der Waals surface area contributed by atoms with Gasteiger partial charge in [-0.15, -0.1) is 0 Å². The van der Waals surface area contributed by atoms with Crippen LogP contribution in [0.25, 0.3) is 0 Å². The van der Waals surface area contributed by atoms with Gasteiger partial charge >= 0.3 is 0 Å². The van der Waals surface area contributed by atoms with Crippen molar-refractivity contribution in [1.29, 1.82) is 0 Å². The van der Waals surface area contributed by atoms with Crippen molar-refractivity contribution in [2.75, 3.05) is 30.9 Å². The van der Waals surface area contributed by atoms with Gasteiger partial charge in [-0.3, -0.25) is 0 Å². The molecule has 0 aliphatic carbocycles. The van der Waals surface area contributed by atoms with Crippen molar-refractivity contribution in [3.63, 3.8) is 0 Å². The lowest BCUT2D eigenvalue weighted by molar-refractivity contribution is 0.301. The minimum Gasteiger partial charge on any atom is -0.497 e. The van der Waals surface area contributed by atoms with Crippen LogP contribution in [0.1, 0.15) is 5.56 Å². The van der Waals surface area contributed by atoms with Crippen molar-refractivity contribution in [2.24, 2.45) is 0 Å². The number of nitrogens with two attached hydrogens (primary N) is 1. The van der Waals surface area contributed by atoms with Gasteiger partial charge in [0.1, 0.15) is 5.75 Å². The first-order valence-electron chi connectivity index (χ1n) is 6.58.